The highest BCUT2D eigenvalue weighted by molar-refractivity contribution is 6.04. The summed E-state index contributed by atoms with van der Waals surface area (Å²) in [6.07, 6.45) is 9.69. The van der Waals surface area contributed by atoms with Crippen LogP contribution in [-0.2, 0) is 13.1 Å². The first-order valence-corrected chi connectivity index (χ1v) is 11.6. The lowest BCUT2D eigenvalue weighted by atomic mass is 9.94. The molecule has 31 heavy (non-hydrogen) atoms. The van der Waals surface area contributed by atoms with E-state index < -0.39 is 0 Å². The number of benzene rings is 1. The third-order valence-electron chi connectivity index (χ3n) is 7.46. The van der Waals surface area contributed by atoms with Gasteiger partial charge in [-0.2, -0.15) is 0 Å². The summed E-state index contributed by atoms with van der Waals surface area (Å²) in [5.74, 6) is 0.0617. The number of nitrogens with two attached hydrogens (primary N) is 1. The highest BCUT2D eigenvalue weighted by Crippen LogP contribution is 2.38. The highest BCUT2D eigenvalue weighted by atomic mass is 19.1. The molecule has 2 N–H and O–H groups in total. The molecule has 1 aromatic carbocycles. The number of carbonyl (C=O) groups excluding carboxylic acids is 1. The number of amides is 1. The molecule has 5 rings (SSSR count). The highest BCUT2D eigenvalue weighted by Gasteiger charge is 2.37. The van der Waals surface area contributed by atoms with Crippen LogP contribution in [0, 0.1) is 5.82 Å². The van der Waals surface area contributed by atoms with Gasteiger partial charge in [0.25, 0.3) is 5.91 Å². The van der Waals surface area contributed by atoms with Gasteiger partial charge in [-0.05, 0) is 56.3 Å². The van der Waals surface area contributed by atoms with Crippen molar-refractivity contribution in [3.63, 3.8) is 0 Å². The second-order valence-corrected chi connectivity index (χ2v) is 9.40. The molecule has 1 atom stereocenters. The number of nitrogens with zero attached hydrogens (tertiary/aromatic N) is 3. The molecule has 1 saturated carbocycles. The summed E-state index contributed by atoms with van der Waals surface area (Å²) < 4.78 is 15.0. The summed E-state index contributed by atoms with van der Waals surface area (Å²) >= 11 is 0. The predicted octanol–water partition coefficient (Wildman–Crippen LogP) is 4.74. The van der Waals surface area contributed by atoms with Crippen LogP contribution in [0.4, 0.5) is 10.2 Å². The first kappa shape index (κ1) is 20.4. The smallest absolute Gasteiger partial charge is 0.258 e. The average molecular weight is 423 g/mol. The summed E-state index contributed by atoms with van der Waals surface area (Å²) in [5, 5.41) is 0. The average Bonchev–Trinajstić information content (AvgIpc) is 3.34. The Morgan fingerprint density at radius 2 is 1.97 bits per heavy atom. The molecule has 0 radical (unpaired) electrons. The molecule has 1 aromatic heterocycles. The predicted molar refractivity (Wildman–Crippen MR) is 120 cm³/mol. The normalized spacial score (nSPS) is 22.3. The number of rotatable bonds is 4. The Morgan fingerprint density at radius 1 is 1.16 bits per heavy atom. The molecule has 2 fully saturated rings. The maximum Gasteiger partial charge on any atom is 0.258 e. The fourth-order valence-corrected chi connectivity index (χ4v) is 5.58. The lowest BCUT2D eigenvalue weighted by Gasteiger charge is -2.30. The first-order chi connectivity index (χ1) is 15.0. The lowest BCUT2D eigenvalue weighted by molar-refractivity contribution is 0.0661. The van der Waals surface area contributed by atoms with Gasteiger partial charge in [-0.1, -0.05) is 31.4 Å². The number of pyridine rings is 1. The number of halogens is 1. The Kier molecular flexibility index (Phi) is 5.42. The number of fused-ring (bicyclic) bond motifs is 1. The SMILES string of the molecule is C[C@@H]1CCCN1Cc1ccc(-c2cnc(N)c3c2CN(C2CCCCC2)C3=O)cc1F. The summed E-state index contributed by atoms with van der Waals surface area (Å²) in [6, 6.07) is 6.20. The van der Waals surface area contributed by atoms with Crippen LogP contribution in [0.1, 0.15) is 73.4 Å². The van der Waals surface area contributed by atoms with Crippen LogP contribution >= 0.6 is 0 Å². The van der Waals surface area contributed by atoms with Gasteiger partial charge < -0.3 is 10.6 Å². The van der Waals surface area contributed by atoms with Crippen molar-refractivity contribution < 1.29 is 9.18 Å². The van der Waals surface area contributed by atoms with Crippen LogP contribution in [0.3, 0.4) is 0 Å². The summed E-state index contributed by atoms with van der Waals surface area (Å²) in [6.45, 7) is 4.41. The molecule has 3 aliphatic rings. The number of hydrogen-bond donors (Lipinski definition) is 1. The quantitative estimate of drug-likeness (QED) is 0.773. The van der Waals surface area contributed by atoms with Gasteiger partial charge in [-0.15, -0.1) is 0 Å². The van der Waals surface area contributed by atoms with E-state index in [-0.39, 0.29) is 23.6 Å². The van der Waals surface area contributed by atoms with Gasteiger partial charge >= 0.3 is 0 Å². The van der Waals surface area contributed by atoms with E-state index in [0.29, 0.717) is 24.7 Å². The van der Waals surface area contributed by atoms with E-state index in [1.165, 1.54) is 19.3 Å². The van der Waals surface area contributed by atoms with Crippen molar-refractivity contribution in [3.8, 4) is 11.1 Å². The fourth-order valence-electron chi connectivity index (χ4n) is 5.58. The standard InChI is InChI=1S/C25H31FN4O/c1-16-6-5-11-29(16)14-18-10-9-17(12-22(18)26)20-13-28-24(27)23-21(20)15-30(25(23)31)19-7-3-2-4-8-19/h9-10,12-13,16,19H,2-8,11,14-15H2,1H3,(H2,27,28)/t16-/m1/s1. The first-order valence-electron chi connectivity index (χ1n) is 11.6. The molecule has 0 spiro atoms. The van der Waals surface area contributed by atoms with Crippen LogP contribution in [0.2, 0.25) is 0 Å². The van der Waals surface area contributed by atoms with Crippen LogP contribution < -0.4 is 5.73 Å². The Morgan fingerprint density at radius 3 is 2.68 bits per heavy atom. The molecule has 0 unspecified atom stereocenters. The molecule has 1 saturated heterocycles. The minimum atomic E-state index is -0.198. The molecule has 164 valence electrons. The molecular weight excluding hydrogens is 391 g/mol. The van der Waals surface area contributed by atoms with Crippen molar-refractivity contribution in [2.24, 2.45) is 0 Å². The van der Waals surface area contributed by atoms with E-state index in [4.69, 9.17) is 5.73 Å². The van der Waals surface area contributed by atoms with E-state index in [0.717, 1.165) is 54.5 Å². The van der Waals surface area contributed by atoms with Gasteiger partial charge in [0.05, 0.1) is 5.56 Å². The molecule has 6 heteroatoms. The maximum atomic E-state index is 15.0. The third-order valence-corrected chi connectivity index (χ3v) is 7.46. The van der Waals surface area contributed by atoms with Crippen molar-refractivity contribution in [1.29, 1.82) is 0 Å². The zero-order chi connectivity index (χ0) is 21.5. The molecule has 2 aliphatic heterocycles. The van der Waals surface area contributed by atoms with E-state index in [1.807, 2.05) is 17.0 Å². The molecule has 5 nitrogen and oxygen atoms in total. The number of nitrogen functional groups attached to an aromatic ring is 1. The summed E-state index contributed by atoms with van der Waals surface area (Å²) in [4.78, 5) is 21.8. The molecular formula is C25H31FN4O. The van der Waals surface area contributed by atoms with Gasteiger partial charge in [0, 0.05) is 42.5 Å². The summed E-state index contributed by atoms with van der Waals surface area (Å²) in [5.41, 5.74) is 9.82. The van der Waals surface area contributed by atoms with Gasteiger partial charge in [0.1, 0.15) is 11.6 Å². The minimum Gasteiger partial charge on any atom is -0.383 e. The third kappa shape index (κ3) is 3.71. The van der Waals surface area contributed by atoms with E-state index in [9.17, 15) is 4.79 Å². The largest absolute Gasteiger partial charge is 0.383 e. The van der Waals surface area contributed by atoms with E-state index in [2.05, 4.69) is 16.8 Å². The summed E-state index contributed by atoms with van der Waals surface area (Å²) in [7, 11) is 0. The molecule has 1 aliphatic carbocycles. The van der Waals surface area contributed by atoms with Gasteiger partial charge in [0.2, 0.25) is 0 Å². The molecule has 2 aromatic rings. The number of likely N-dealkylation sites (tertiary alicyclic amines) is 1. The Labute approximate surface area is 183 Å². The van der Waals surface area contributed by atoms with Crippen molar-refractivity contribution in [1.82, 2.24) is 14.8 Å². The fraction of sp³-hybridized carbons (Fsp3) is 0.520. The Bertz CT molecular complexity index is 1000. The molecule has 3 heterocycles. The van der Waals surface area contributed by atoms with E-state index in [1.54, 1.807) is 12.3 Å². The van der Waals surface area contributed by atoms with Crippen molar-refractivity contribution in [3.05, 3.63) is 46.9 Å². The van der Waals surface area contributed by atoms with E-state index >= 15 is 4.39 Å². The lowest BCUT2D eigenvalue weighted by Crippen LogP contribution is -2.37. The van der Waals surface area contributed by atoms with Gasteiger partial charge in [0.15, 0.2) is 0 Å². The van der Waals surface area contributed by atoms with Crippen LogP contribution in [0.15, 0.2) is 24.4 Å². The second-order valence-electron chi connectivity index (χ2n) is 9.40. The second kappa shape index (κ2) is 8.23. The topological polar surface area (TPSA) is 62.5 Å². The number of anilines is 1. The zero-order valence-electron chi connectivity index (χ0n) is 18.2. The zero-order valence-corrected chi connectivity index (χ0v) is 18.2. The van der Waals surface area contributed by atoms with Crippen LogP contribution in [-0.4, -0.2) is 39.3 Å². The van der Waals surface area contributed by atoms with Crippen LogP contribution in [0.5, 0.6) is 0 Å². The molecule has 0 bridgehead atoms. The number of aromatic nitrogens is 1. The number of hydrogen-bond acceptors (Lipinski definition) is 4. The van der Waals surface area contributed by atoms with Gasteiger partial charge in [-0.3, -0.25) is 9.69 Å². The van der Waals surface area contributed by atoms with Crippen molar-refractivity contribution in [2.45, 2.75) is 77.0 Å². The number of carbonyl (C=O) groups is 1. The maximum absolute atomic E-state index is 15.0. The van der Waals surface area contributed by atoms with Crippen molar-refractivity contribution >= 4 is 11.7 Å². The van der Waals surface area contributed by atoms with Gasteiger partial charge in [-0.25, -0.2) is 9.37 Å². The van der Waals surface area contributed by atoms with Crippen LogP contribution in [0.25, 0.3) is 11.1 Å². The minimum absolute atomic E-state index is 0.0196. The van der Waals surface area contributed by atoms with Crippen molar-refractivity contribution in [2.75, 3.05) is 12.3 Å². The molecule has 1 amide bonds. The monoisotopic (exact) mass is 422 g/mol. The Hall–Kier alpha value is -2.47. The Balaban J connectivity index is 1.44.